The van der Waals surface area contributed by atoms with E-state index in [2.05, 4.69) is 10.4 Å². The molecule has 0 spiro atoms. The molecule has 0 aliphatic rings. The summed E-state index contributed by atoms with van der Waals surface area (Å²) < 4.78 is 17.1. The zero-order valence-electron chi connectivity index (χ0n) is 14.3. The highest BCUT2D eigenvalue weighted by molar-refractivity contribution is 7.17. The van der Waals surface area contributed by atoms with Crippen LogP contribution in [0.15, 0.2) is 58.8 Å². The third-order valence-corrected chi connectivity index (χ3v) is 4.99. The van der Waals surface area contributed by atoms with Gasteiger partial charge >= 0.3 is 0 Å². The molecule has 3 aromatic heterocycles. The van der Waals surface area contributed by atoms with Crippen molar-refractivity contribution in [2.75, 3.05) is 5.32 Å². The number of halogens is 1. The largest absolute Gasteiger partial charge is 0.337 e. The van der Waals surface area contributed by atoms with Crippen LogP contribution in [0.2, 0.25) is 0 Å². The first-order valence-corrected chi connectivity index (χ1v) is 9.08. The van der Waals surface area contributed by atoms with Gasteiger partial charge in [-0.15, -0.1) is 11.3 Å². The Bertz CT molecular complexity index is 1190. The molecular formula is C19H15FN4O2S. The molecule has 0 aliphatic carbocycles. The Labute approximate surface area is 157 Å². The zero-order chi connectivity index (χ0) is 19.0. The van der Waals surface area contributed by atoms with E-state index in [1.54, 1.807) is 33.6 Å². The Morgan fingerprint density at radius 1 is 1.22 bits per heavy atom. The molecule has 0 saturated carbocycles. The molecule has 27 heavy (non-hydrogen) atoms. The minimum absolute atomic E-state index is 0.0540. The van der Waals surface area contributed by atoms with Crippen LogP contribution < -0.4 is 10.7 Å². The van der Waals surface area contributed by atoms with Crippen molar-refractivity contribution < 1.29 is 9.18 Å². The summed E-state index contributed by atoms with van der Waals surface area (Å²) in [5, 5.41) is 9.02. The van der Waals surface area contributed by atoms with Gasteiger partial charge in [0.2, 0.25) is 5.91 Å². The molecule has 1 amide bonds. The SMILES string of the molecule is Cc1cc(NC(=O)Cn2ccc(=O)c3sccc32)n(-c2ccc(F)cc2)n1. The standard InChI is InChI=1S/C19H15FN4O2S/c1-12-10-17(24(22-12)14-4-2-13(20)3-5-14)21-18(26)11-23-8-6-16(25)19-15(23)7-9-27-19/h2-10H,11H2,1H3,(H,21,26). The van der Waals surface area contributed by atoms with E-state index in [0.717, 1.165) is 11.2 Å². The van der Waals surface area contributed by atoms with Gasteiger partial charge in [0.15, 0.2) is 5.43 Å². The number of hydrogen-bond donors (Lipinski definition) is 1. The Kier molecular flexibility index (Phi) is 4.33. The summed E-state index contributed by atoms with van der Waals surface area (Å²) in [5.74, 6) is -0.104. The van der Waals surface area contributed by atoms with E-state index in [4.69, 9.17) is 0 Å². The number of pyridine rings is 1. The lowest BCUT2D eigenvalue weighted by atomic mass is 10.3. The molecule has 0 bridgehead atoms. The van der Waals surface area contributed by atoms with Crippen molar-refractivity contribution in [3.63, 3.8) is 0 Å². The van der Waals surface area contributed by atoms with Crippen LogP contribution in [0, 0.1) is 12.7 Å². The summed E-state index contributed by atoms with van der Waals surface area (Å²) in [4.78, 5) is 24.4. The maximum absolute atomic E-state index is 13.2. The first kappa shape index (κ1) is 17.2. The Morgan fingerprint density at radius 3 is 2.78 bits per heavy atom. The number of amides is 1. The fraction of sp³-hybridized carbons (Fsp3) is 0.105. The lowest BCUT2D eigenvalue weighted by Gasteiger charge is -2.11. The van der Waals surface area contributed by atoms with E-state index >= 15 is 0 Å². The zero-order valence-corrected chi connectivity index (χ0v) is 15.2. The number of hydrogen-bond acceptors (Lipinski definition) is 4. The molecule has 0 atom stereocenters. The molecule has 3 heterocycles. The van der Waals surface area contributed by atoms with Crippen LogP contribution in [0.5, 0.6) is 0 Å². The van der Waals surface area contributed by atoms with Crippen LogP contribution >= 0.6 is 11.3 Å². The maximum atomic E-state index is 13.2. The number of nitrogens with one attached hydrogen (secondary N) is 1. The van der Waals surface area contributed by atoms with Crippen LogP contribution in [-0.4, -0.2) is 20.3 Å². The summed E-state index contributed by atoms with van der Waals surface area (Å²) in [6.45, 7) is 1.87. The van der Waals surface area contributed by atoms with Crippen LogP contribution in [0.25, 0.3) is 15.9 Å². The molecule has 0 saturated heterocycles. The van der Waals surface area contributed by atoms with Crippen molar-refractivity contribution in [3.05, 3.63) is 75.8 Å². The van der Waals surface area contributed by atoms with Gasteiger partial charge in [-0.25, -0.2) is 9.07 Å². The first-order chi connectivity index (χ1) is 13.0. The van der Waals surface area contributed by atoms with Gasteiger partial charge in [-0.05, 0) is 42.6 Å². The second-order valence-corrected chi connectivity index (χ2v) is 6.97. The van der Waals surface area contributed by atoms with Crippen LogP contribution in [0.1, 0.15) is 5.69 Å². The van der Waals surface area contributed by atoms with Crippen molar-refractivity contribution in [3.8, 4) is 5.69 Å². The molecule has 0 aliphatic heterocycles. The number of aryl methyl sites for hydroxylation is 1. The van der Waals surface area contributed by atoms with Gasteiger partial charge in [-0.3, -0.25) is 9.59 Å². The molecule has 4 rings (SSSR count). The van der Waals surface area contributed by atoms with E-state index in [9.17, 15) is 14.0 Å². The average Bonchev–Trinajstić information content (AvgIpc) is 3.26. The average molecular weight is 382 g/mol. The highest BCUT2D eigenvalue weighted by Crippen LogP contribution is 2.19. The van der Waals surface area contributed by atoms with E-state index < -0.39 is 0 Å². The predicted molar refractivity (Wildman–Crippen MR) is 103 cm³/mol. The second kappa shape index (κ2) is 6.81. The lowest BCUT2D eigenvalue weighted by molar-refractivity contribution is -0.116. The number of benzene rings is 1. The third-order valence-electron chi connectivity index (χ3n) is 4.07. The van der Waals surface area contributed by atoms with Gasteiger partial charge in [0.05, 0.1) is 21.6 Å². The van der Waals surface area contributed by atoms with E-state index in [-0.39, 0.29) is 23.7 Å². The van der Waals surface area contributed by atoms with Crippen LogP contribution in [-0.2, 0) is 11.3 Å². The highest BCUT2D eigenvalue weighted by Gasteiger charge is 2.13. The monoisotopic (exact) mass is 382 g/mol. The van der Waals surface area contributed by atoms with E-state index in [1.807, 2.05) is 18.4 Å². The van der Waals surface area contributed by atoms with Crippen molar-refractivity contribution in [1.29, 1.82) is 0 Å². The Morgan fingerprint density at radius 2 is 2.00 bits per heavy atom. The smallest absolute Gasteiger partial charge is 0.245 e. The third kappa shape index (κ3) is 3.39. The van der Waals surface area contributed by atoms with Crippen molar-refractivity contribution in [2.24, 2.45) is 0 Å². The summed E-state index contributed by atoms with van der Waals surface area (Å²) in [6.07, 6.45) is 1.61. The number of anilines is 1. The van der Waals surface area contributed by atoms with E-state index in [1.165, 1.54) is 29.5 Å². The molecule has 1 aromatic carbocycles. The fourth-order valence-corrected chi connectivity index (χ4v) is 3.69. The number of thiophene rings is 1. The molecule has 0 radical (unpaired) electrons. The molecule has 136 valence electrons. The van der Waals surface area contributed by atoms with Crippen LogP contribution in [0.3, 0.4) is 0 Å². The van der Waals surface area contributed by atoms with Gasteiger partial charge in [-0.2, -0.15) is 5.10 Å². The van der Waals surface area contributed by atoms with Crippen molar-refractivity contribution in [1.82, 2.24) is 14.3 Å². The van der Waals surface area contributed by atoms with E-state index in [0.29, 0.717) is 16.2 Å². The maximum Gasteiger partial charge on any atom is 0.245 e. The van der Waals surface area contributed by atoms with Crippen molar-refractivity contribution in [2.45, 2.75) is 13.5 Å². The molecule has 8 heteroatoms. The first-order valence-electron chi connectivity index (χ1n) is 8.20. The summed E-state index contributed by atoms with van der Waals surface area (Å²) in [5.41, 5.74) is 2.04. The lowest BCUT2D eigenvalue weighted by Crippen LogP contribution is -2.21. The predicted octanol–water partition coefficient (Wildman–Crippen LogP) is 3.33. The molecule has 4 aromatic rings. The normalized spacial score (nSPS) is 11.0. The Balaban J connectivity index is 1.60. The number of nitrogens with zero attached hydrogens (tertiary/aromatic N) is 3. The van der Waals surface area contributed by atoms with Gasteiger partial charge in [-0.1, -0.05) is 0 Å². The molecule has 6 nitrogen and oxygen atoms in total. The number of aromatic nitrogens is 3. The number of carbonyl (C=O) groups excluding carboxylic acids is 1. The van der Waals surface area contributed by atoms with Gasteiger partial charge in [0, 0.05) is 18.3 Å². The number of fused-ring (bicyclic) bond motifs is 1. The number of carbonyl (C=O) groups is 1. The van der Waals surface area contributed by atoms with Gasteiger partial charge < -0.3 is 9.88 Å². The summed E-state index contributed by atoms with van der Waals surface area (Å²) in [7, 11) is 0. The highest BCUT2D eigenvalue weighted by atomic mass is 32.1. The minimum atomic E-state index is -0.341. The number of rotatable bonds is 4. The quantitative estimate of drug-likeness (QED) is 0.589. The fourth-order valence-electron chi connectivity index (χ4n) is 2.87. The minimum Gasteiger partial charge on any atom is -0.337 e. The molecule has 0 fully saturated rings. The van der Waals surface area contributed by atoms with Crippen LogP contribution in [0.4, 0.5) is 10.2 Å². The molecular weight excluding hydrogens is 367 g/mol. The topological polar surface area (TPSA) is 68.9 Å². The summed E-state index contributed by atoms with van der Waals surface area (Å²) in [6, 6.07) is 10.9. The second-order valence-electron chi connectivity index (χ2n) is 6.05. The van der Waals surface area contributed by atoms with Crippen molar-refractivity contribution >= 4 is 33.3 Å². The van der Waals surface area contributed by atoms with Gasteiger partial charge in [0.25, 0.3) is 0 Å². The summed E-state index contributed by atoms with van der Waals surface area (Å²) >= 11 is 1.35. The molecule has 0 unspecified atom stereocenters. The molecule has 1 N–H and O–H groups in total. The Hall–Kier alpha value is -3.26. The van der Waals surface area contributed by atoms with Gasteiger partial charge in [0.1, 0.15) is 18.2 Å².